The molecule has 0 amide bonds. The number of hydrogen-bond donors (Lipinski definition) is 1. The average molecular weight is 204 g/mol. The quantitative estimate of drug-likeness (QED) is 0.708. The molecule has 0 heterocycles. The largest absolute Gasteiger partial charge is 0.314 e. The van der Waals surface area contributed by atoms with Crippen molar-refractivity contribution in [1.29, 1.82) is 0 Å². The van der Waals surface area contributed by atoms with Gasteiger partial charge in [0, 0.05) is 23.9 Å². The first-order valence-corrected chi connectivity index (χ1v) is 6.20. The molecule has 2 nitrogen and oxygen atoms in total. The third-order valence-electron chi connectivity index (χ3n) is 2.48. The maximum atomic E-state index is 3.32. The summed E-state index contributed by atoms with van der Waals surface area (Å²) < 4.78 is 0. The maximum absolute atomic E-state index is 3.32. The molecule has 0 aromatic heterocycles. The van der Waals surface area contributed by atoms with Gasteiger partial charge in [0.2, 0.25) is 0 Å². The molecule has 0 aromatic carbocycles. The van der Waals surface area contributed by atoms with Crippen LogP contribution in [0.1, 0.15) is 20.8 Å². The van der Waals surface area contributed by atoms with Crippen LogP contribution in [0.3, 0.4) is 0 Å². The lowest BCUT2D eigenvalue weighted by Gasteiger charge is -2.33. The van der Waals surface area contributed by atoms with Gasteiger partial charge in [-0.3, -0.25) is 0 Å². The molecule has 80 valence electrons. The second-order valence-electron chi connectivity index (χ2n) is 4.35. The van der Waals surface area contributed by atoms with Crippen molar-refractivity contribution >= 4 is 11.8 Å². The summed E-state index contributed by atoms with van der Waals surface area (Å²) in [7, 11) is 4.22. The molecule has 1 atom stereocenters. The Bertz CT molecular complexity index is 137. The van der Waals surface area contributed by atoms with Crippen LogP contribution in [-0.2, 0) is 0 Å². The van der Waals surface area contributed by atoms with Gasteiger partial charge >= 0.3 is 0 Å². The smallest absolute Gasteiger partial charge is 0.0249 e. The molecule has 1 N–H and O–H groups in total. The van der Waals surface area contributed by atoms with Crippen molar-refractivity contribution in [3.05, 3.63) is 0 Å². The Labute approximate surface area is 87.5 Å². The lowest BCUT2D eigenvalue weighted by molar-refractivity contribution is 0.209. The van der Waals surface area contributed by atoms with E-state index in [1.54, 1.807) is 0 Å². The van der Waals surface area contributed by atoms with E-state index in [2.05, 4.69) is 44.3 Å². The topological polar surface area (TPSA) is 15.3 Å². The van der Waals surface area contributed by atoms with E-state index in [0.717, 1.165) is 6.54 Å². The minimum absolute atomic E-state index is 0.210. The maximum Gasteiger partial charge on any atom is 0.0249 e. The molecular weight excluding hydrogens is 180 g/mol. The summed E-state index contributed by atoms with van der Waals surface area (Å²) in [5.74, 6) is 1.20. The van der Waals surface area contributed by atoms with Crippen LogP contribution in [0.5, 0.6) is 0 Å². The highest BCUT2D eigenvalue weighted by Crippen LogP contribution is 2.09. The average Bonchev–Trinajstić information content (AvgIpc) is 2.04. The normalized spacial score (nSPS) is 15.0. The van der Waals surface area contributed by atoms with E-state index < -0.39 is 0 Å². The van der Waals surface area contributed by atoms with Gasteiger partial charge in [-0.05, 0) is 41.1 Å². The Morgan fingerprint density at radius 1 is 1.46 bits per heavy atom. The van der Waals surface area contributed by atoms with Crippen molar-refractivity contribution in [2.75, 3.05) is 32.6 Å². The summed E-state index contributed by atoms with van der Waals surface area (Å²) in [5, 5.41) is 3.32. The van der Waals surface area contributed by atoms with Crippen molar-refractivity contribution in [3.8, 4) is 0 Å². The van der Waals surface area contributed by atoms with Crippen LogP contribution in [-0.4, -0.2) is 49.1 Å². The Balaban J connectivity index is 3.91. The van der Waals surface area contributed by atoms with E-state index in [9.17, 15) is 0 Å². The van der Waals surface area contributed by atoms with Gasteiger partial charge < -0.3 is 10.2 Å². The van der Waals surface area contributed by atoms with E-state index in [-0.39, 0.29) is 5.54 Å². The van der Waals surface area contributed by atoms with Crippen molar-refractivity contribution in [2.45, 2.75) is 32.4 Å². The summed E-state index contributed by atoms with van der Waals surface area (Å²) in [4.78, 5) is 2.41. The number of rotatable bonds is 6. The second kappa shape index (κ2) is 5.89. The van der Waals surface area contributed by atoms with Gasteiger partial charge in [0.15, 0.2) is 0 Å². The minimum Gasteiger partial charge on any atom is -0.314 e. The molecule has 0 saturated heterocycles. The molecule has 0 fully saturated rings. The molecule has 0 radical (unpaired) electrons. The summed E-state index contributed by atoms with van der Waals surface area (Å²) >= 11 is 1.91. The van der Waals surface area contributed by atoms with Crippen molar-refractivity contribution in [3.63, 3.8) is 0 Å². The zero-order valence-electron chi connectivity index (χ0n) is 9.85. The molecule has 0 bridgehead atoms. The van der Waals surface area contributed by atoms with Crippen LogP contribution in [0.25, 0.3) is 0 Å². The number of nitrogens with zero attached hydrogens (tertiary/aromatic N) is 1. The molecule has 0 rings (SSSR count). The Hall–Kier alpha value is 0.270. The fourth-order valence-corrected chi connectivity index (χ4v) is 1.96. The van der Waals surface area contributed by atoms with Gasteiger partial charge in [0.25, 0.3) is 0 Å². The first-order chi connectivity index (χ1) is 5.93. The van der Waals surface area contributed by atoms with E-state index in [1.165, 1.54) is 5.75 Å². The Morgan fingerprint density at radius 3 is 2.38 bits per heavy atom. The monoisotopic (exact) mass is 204 g/mol. The summed E-state index contributed by atoms with van der Waals surface area (Å²) in [6, 6.07) is 0.655. The molecule has 0 aliphatic heterocycles. The van der Waals surface area contributed by atoms with Crippen LogP contribution < -0.4 is 5.32 Å². The van der Waals surface area contributed by atoms with Crippen molar-refractivity contribution in [2.24, 2.45) is 0 Å². The van der Waals surface area contributed by atoms with Crippen molar-refractivity contribution < 1.29 is 0 Å². The zero-order valence-corrected chi connectivity index (χ0v) is 10.7. The highest BCUT2D eigenvalue weighted by molar-refractivity contribution is 7.98. The van der Waals surface area contributed by atoms with Gasteiger partial charge in [0.1, 0.15) is 0 Å². The van der Waals surface area contributed by atoms with Crippen LogP contribution in [0.15, 0.2) is 0 Å². The number of likely N-dealkylation sites (N-methyl/N-ethyl adjacent to an activating group) is 2. The SMILES string of the molecule is CNC(C)(C)CN(C)C(C)CSC. The van der Waals surface area contributed by atoms with Crippen LogP contribution in [0, 0.1) is 0 Å². The molecule has 13 heavy (non-hydrogen) atoms. The van der Waals surface area contributed by atoms with Crippen LogP contribution >= 0.6 is 11.8 Å². The first kappa shape index (κ1) is 13.3. The third-order valence-corrected chi connectivity index (χ3v) is 3.30. The van der Waals surface area contributed by atoms with Crippen LogP contribution in [0.4, 0.5) is 0 Å². The Kier molecular flexibility index (Phi) is 6.01. The molecule has 1 unspecified atom stereocenters. The fraction of sp³-hybridized carbons (Fsp3) is 1.00. The van der Waals surface area contributed by atoms with Gasteiger partial charge in [-0.2, -0.15) is 11.8 Å². The molecule has 0 aliphatic rings. The lowest BCUT2D eigenvalue weighted by Crippen LogP contribution is -2.49. The highest BCUT2D eigenvalue weighted by Gasteiger charge is 2.19. The highest BCUT2D eigenvalue weighted by atomic mass is 32.2. The number of hydrogen-bond acceptors (Lipinski definition) is 3. The fourth-order valence-electron chi connectivity index (χ4n) is 1.23. The molecule has 0 spiro atoms. The standard InChI is InChI=1S/C10H24N2S/c1-9(7-13-6)12(5)8-10(2,3)11-4/h9,11H,7-8H2,1-6H3. The summed E-state index contributed by atoms with van der Waals surface area (Å²) in [5.41, 5.74) is 0.210. The van der Waals surface area contributed by atoms with Gasteiger partial charge in [-0.1, -0.05) is 0 Å². The Morgan fingerprint density at radius 2 is 2.00 bits per heavy atom. The summed E-state index contributed by atoms with van der Waals surface area (Å²) in [6.07, 6.45) is 2.16. The third kappa shape index (κ3) is 5.55. The van der Waals surface area contributed by atoms with E-state index >= 15 is 0 Å². The summed E-state index contributed by atoms with van der Waals surface area (Å²) in [6.45, 7) is 7.83. The zero-order chi connectivity index (χ0) is 10.5. The molecule has 0 aliphatic carbocycles. The predicted octanol–water partition coefficient (Wildman–Crippen LogP) is 1.67. The lowest BCUT2D eigenvalue weighted by atomic mass is 10.1. The van der Waals surface area contributed by atoms with Crippen LogP contribution in [0.2, 0.25) is 0 Å². The molecular formula is C10H24N2S. The second-order valence-corrected chi connectivity index (χ2v) is 5.26. The number of nitrogens with one attached hydrogen (secondary N) is 1. The van der Waals surface area contributed by atoms with Gasteiger partial charge in [-0.15, -0.1) is 0 Å². The first-order valence-electron chi connectivity index (χ1n) is 4.81. The van der Waals surface area contributed by atoms with E-state index in [1.807, 2.05) is 18.8 Å². The van der Waals surface area contributed by atoms with E-state index in [0.29, 0.717) is 6.04 Å². The van der Waals surface area contributed by atoms with Crippen molar-refractivity contribution in [1.82, 2.24) is 10.2 Å². The molecule has 0 saturated carbocycles. The van der Waals surface area contributed by atoms with E-state index in [4.69, 9.17) is 0 Å². The number of thioether (sulfide) groups is 1. The molecule has 3 heteroatoms. The molecule has 0 aromatic rings. The van der Waals surface area contributed by atoms with Gasteiger partial charge in [-0.25, -0.2) is 0 Å². The minimum atomic E-state index is 0.210. The van der Waals surface area contributed by atoms with Gasteiger partial charge in [0.05, 0.1) is 0 Å². The predicted molar refractivity (Wildman–Crippen MR) is 63.6 cm³/mol.